The molecular formula is C5H18N4. The Morgan fingerprint density at radius 2 is 1.78 bits per heavy atom. The van der Waals surface area contributed by atoms with Crippen LogP contribution in [0.1, 0.15) is 22.2 Å². The summed E-state index contributed by atoms with van der Waals surface area (Å²) in [5.41, 5.74) is 5.29. The van der Waals surface area contributed by atoms with Crippen molar-refractivity contribution >= 4 is 5.84 Å². The van der Waals surface area contributed by atoms with Gasteiger partial charge in [-0.15, -0.1) is 0 Å². The van der Waals surface area contributed by atoms with Crippen LogP contribution in [0.4, 0.5) is 0 Å². The number of amidine groups is 1. The van der Waals surface area contributed by atoms with Gasteiger partial charge in [0, 0.05) is 6.84 Å². The monoisotopic (exact) mass is 134 g/mol. The van der Waals surface area contributed by atoms with E-state index in [0.29, 0.717) is 5.84 Å². The van der Waals surface area contributed by atoms with Crippen LogP contribution in [-0.4, -0.2) is 5.84 Å². The highest BCUT2D eigenvalue weighted by Crippen LogP contribution is 2.11. The second-order valence-corrected chi connectivity index (χ2v) is 2.76. The molecule has 0 aromatic rings. The van der Waals surface area contributed by atoms with Crippen LogP contribution in [0, 0.1) is 5.41 Å². The van der Waals surface area contributed by atoms with Crippen molar-refractivity contribution in [2.24, 2.45) is 22.1 Å². The molecule has 0 unspecified atom stereocenters. The summed E-state index contributed by atoms with van der Waals surface area (Å²) in [4.78, 5) is 0. The largest absolute Gasteiger partial charge is 0.385 e. The smallest absolute Gasteiger partial charge is 0.124 e. The van der Waals surface area contributed by atoms with Crippen LogP contribution in [0.25, 0.3) is 0 Å². The fourth-order valence-electron chi connectivity index (χ4n) is 0.194. The second-order valence-electron chi connectivity index (χ2n) is 2.76. The number of nitrogens with zero attached hydrogens (tertiary/aromatic N) is 1. The van der Waals surface area contributed by atoms with E-state index < -0.39 is 0 Å². The van der Waals surface area contributed by atoms with Crippen molar-refractivity contribution in [1.82, 2.24) is 6.15 Å². The Morgan fingerprint density at radius 3 is 1.78 bits per heavy atom. The van der Waals surface area contributed by atoms with Crippen molar-refractivity contribution in [3.8, 4) is 0 Å². The lowest BCUT2D eigenvalue weighted by atomic mass is 9.96. The normalized spacial score (nSPS) is 12.6. The summed E-state index contributed by atoms with van der Waals surface area (Å²) in [6.07, 6.45) is 0. The van der Waals surface area contributed by atoms with Gasteiger partial charge in [0.25, 0.3) is 0 Å². The van der Waals surface area contributed by atoms with Crippen molar-refractivity contribution in [3.05, 3.63) is 0 Å². The van der Waals surface area contributed by atoms with Gasteiger partial charge in [-0.3, -0.25) is 0 Å². The number of rotatable bonds is 0. The van der Waals surface area contributed by atoms with Crippen LogP contribution in [0.3, 0.4) is 0 Å². The average molecular weight is 134 g/mol. The molecule has 9 heavy (non-hydrogen) atoms. The van der Waals surface area contributed by atoms with E-state index in [9.17, 15) is 0 Å². The fourth-order valence-corrected chi connectivity index (χ4v) is 0.194. The van der Waals surface area contributed by atoms with Gasteiger partial charge in [-0.05, 0) is 0 Å². The standard InChI is InChI=1S/C5H13N3.H3N.H2/c1-5(2,3)4(6)8-7;;/h7H2,1-3H3,(H2,6,8);1H3;1H. The predicted octanol–water partition coefficient (Wildman–Crippen LogP) is 0.671. The molecule has 0 aliphatic carbocycles. The molecule has 0 aliphatic rings. The highest BCUT2D eigenvalue weighted by Gasteiger charge is 2.14. The quantitative estimate of drug-likeness (QED) is 0.196. The molecule has 0 bridgehead atoms. The first-order valence-corrected chi connectivity index (χ1v) is 2.52. The molecule has 0 atom stereocenters. The topological polar surface area (TPSA) is 99.4 Å². The van der Waals surface area contributed by atoms with E-state index in [1.165, 1.54) is 0 Å². The van der Waals surface area contributed by atoms with Crippen molar-refractivity contribution < 1.29 is 1.43 Å². The number of hydrazone groups is 1. The summed E-state index contributed by atoms with van der Waals surface area (Å²) in [5.74, 6) is 5.40. The van der Waals surface area contributed by atoms with Gasteiger partial charge in [-0.25, -0.2) is 0 Å². The van der Waals surface area contributed by atoms with Crippen LogP contribution in [0.15, 0.2) is 5.10 Å². The van der Waals surface area contributed by atoms with Crippen molar-refractivity contribution in [2.45, 2.75) is 20.8 Å². The van der Waals surface area contributed by atoms with E-state index >= 15 is 0 Å². The van der Waals surface area contributed by atoms with Crippen molar-refractivity contribution in [3.63, 3.8) is 0 Å². The minimum atomic E-state index is -0.0885. The van der Waals surface area contributed by atoms with Gasteiger partial charge in [0.15, 0.2) is 0 Å². The SMILES string of the molecule is CC(C)(C)/C(N)=N/N.N.[HH]. The fraction of sp³-hybridized carbons (Fsp3) is 0.800. The van der Waals surface area contributed by atoms with E-state index in [4.69, 9.17) is 11.6 Å². The van der Waals surface area contributed by atoms with E-state index in [1.807, 2.05) is 20.8 Å². The van der Waals surface area contributed by atoms with Crippen LogP contribution in [-0.2, 0) is 0 Å². The molecule has 4 nitrogen and oxygen atoms in total. The van der Waals surface area contributed by atoms with Gasteiger partial charge < -0.3 is 17.7 Å². The van der Waals surface area contributed by atoms with Gasteiger partial charge in [0.1, 0.15) is 5.84 Å². The van der Waals surface area contributed by atoms with E-state index in [-0.39, 0.29) is 13.0 Å². The lowest BCUT2D eigenvalue weighted by molar-refractivity contribution is 0.582. The molecule has 0 saturated carbocycles. The first-order valence-electron chi connectivity index (χ1n) is 2.52. The van der Waals surface area contributed by atoms with Gasteiger partial charge in [-0.1, -0.05) is 20.8 Å². The zero-order valence-electron chi connectivity index (χ0n) is 6.31. The summed E-state index contributed by atoms with van der Waals surface area (Å²) in [6.45, 7) is 5.87. The van der Waals surface area contributed by atoms with Crippen molar-refractivity contribution in [1.29, 1.82) is 0 Å². The third kappa shape index (κ3) is 3.78. The first kappa shape index (κ1) is 11.1. The predicted molar refractivity (Wildman–Crippen MR) is 42.4 cm³/mol. The van der Waals surface area contributed by atoms with Crippen LogP contribution >= 0.6 is 0 Å². The van der Waals surface area contributed by atoms with Gasteiger partial charge in [0.2, 0.25) is 0 Å². The number of hydrogen-bond donors (Lipinski definition) is 3. The Bertz CT molecular complexity index is 105. The van der Waals surface area contributed by atoms with E-state index in [1.54, 1.807) is 0 Å². The summed E-state index contributed by atoms with van der Waals surface area (Å²) in [5, 5.41) is 3.35. The van der Waals surface area contributed by atoms with Crippen LogP contribution in [0.2, 0.25) is 0 Å². The highest BCUT2D eigenvalue weighted by molar-refractivity contribution is 5.85. The third-order valence-corrected chi connectivity index (χ3v) is 0.908. The minimum absolute atomic E-state index is 0. The molecule has 0 aromatic carbocycles. The number of nitrogens with two attached hydrogens (primary N) is 2. The molecule has 0 rings (SSSR count). The molecule has 0 amide bonds. The second kappa shape index (κ2) is 3.29. The summed E-state index contributed by atoms with van der Waals surface area (Å²) >= 11 is 0. The molecule has 0 saturated heterocycles. The van der Waals surface area contributed by atoms with Gasteiger partial charge >= 0.3 is 0 Å². The molecule has 0 aliphatic heterocycles. The average Bonchev–Trinajstić information content (AvgIpc) is 1.62. The Morgan fingerprint density at radius 1 is 1.44 bits per heavy atom. The Hall–Kier alpha value is -0.770. The molecule has 7 N–H and O–H groups in total. The van der Waals surface area contributed by atoms with E-state index in [0.717, 1.165) is 0 Å². The number of hydrogen-bond acceptors (Lipinski definition) is 3. The highest BCUT2D eigenvalue weighted by atomic mass is 15.2. The first-order chi connectivity index (χ1) is 3.48. The molecular weight excluding hydrogens is 116 g/mol. The zero-order valence-corrected chi connectivity index (χ0v) is 6.31. The molecule has 0 heterocycles. The molecule has 0 aromatic heterocycles. The summed E-state index contributed by atoms with van der Waals surface area (Å²) in [6, 6.07) is 0. The van der Waals surface area contributed by atoms with Crippen molar-refractivity contribution in [2.75, 3.05) is 0 Å². The molecule has 0 fully saturated rings. The Balaban J connectivity index is -0.000000245. The maximum atomic E-state index is 5.38. The van der Waals surface area contributed by atoms with E-state index in [2.05, 4.69) is 5.10 Å². The van der Waals surface area contributed by atoms with Crippen LogP contribution in [0.5, 0.6) is 0 Å². The molecule has 0 spiro atoms. The molecule has 4 heteroatoms. The van der Waals surface area contributed by atoms with Crippen LogP contribution < -0.4 is 17.7 Å². The Kier molecular flexibility index (Phi) is 4.06. The third-order valence-electron chi connectivity index (χ3n) is 0.908. The lowest BCUT2D eigenvalue weighted by Crippen LogP contribution is -2.29. The lowest BCUT2D eigenvalue weighted by Gasteiger charge is -2.15. The maximum absolute atomic E-state index is 5.38. The minimum Gasteiger partial charge on any atom is -0.385 e. The summed E-state index contributed by atoms with van der Waals surface area (Å²) in [7, 11) is 0. The van der Waals surface area contributed by atoms with Gasteiger partial charge in [0.05, 0.1) is 0 Å². The Labute approximate surface area is 57.4 Å². The maximum Gasteiger partial charge on any atom is 0.124 e. The van der Waals surface area contributed by atoms with Gasteiger partial charge in [-0.2, -0.15) is 5.10 Å². The molecule has 58 valence electrons. The zero-order chi connectivity index (χ0) is 6.78. The molecule has 0 radical (unpaired) electrons. The summed E-state index contributed by atoms with van der Waals surface area (Å²) < 4.78 is 0.